The van der Waals surface area contributed by atoms with Gasteiger partial charge >= 0.3 is 0 Å². The fourth-order valence-corrected chi connectivity index (χ4v) is 7.26. The van der Waals surface area contributed by atoms with Crippen LogP contribution < -0.4 is 0 Å². The molecule has 7 nitrogen and oxygen atoms in total. The van der Waals surface area contributed by atoms with Crippen LogP contribution in [0.3, 0.4) is 0 Å². The third-order valence-corrected chi connectivity index (χ3v) is 9.62. The summed E-state index contributed by atoms with van der Waals surface area (Å²) in [6.07, 6.45) is 4.39. The number of hydrogen-bond donors (Lipinski definition) is 4. The number of phenolic OH excluding ortho intramolecular Hbond substituents is 1. The minimum atomic E-state index is -2.49. The van der Waals surface area contributed by atoms with E-state index in [9.17, 15) is 34.8 Å². The number of unbranched alkanes of at least 4 members (excludes halogenated alkanes) is 1. The van der Waals surface area contributed by atoms with Gasteiger partial charge in [-0.05, 0) is 92.2 Å². The molecule has 0 bridgehead atoms. The van der Waals surface area contributed by atoms with E-state index in [1.165, 1.54) is 22.8 Å². The molecule has 3 aromatic carbocycles. The maximum Gasteiger partial charge on any atom is 0.209 e. The average Bonchev–Trinajstić information content (AvgIpc) is 2.98. The molecule has 0 fully saturated rings. The van der Waals surface area contributed by atoms with Crippen LogP contribution in [0.5, 0.6) is 5.75 Å². The molecule has 0 aromatic heterocycles. The van der Waals surface area contributed by atoms with Gasteiger partial charge in [-0.3, -0.25) is 14.4 Å². The monoisotopic (exact) mass is 592 g/mol. The number of aromatic hydroxyl groups is 1. The van der Waals surface area contributed by atoms with Crippen LogP contribution in [0.25, 0.3) is 11.1 Å². The van der Waals surface area contributed by atoms with Crippen molar-refractivity contribution >= 4 is 17.3 Å². The van der Waals surface area contributed by atoms with Crippen molar-refractivity contribution < 1.29 is 34.8 Å². The second kappa shape index (κ2) is 11.2. The van der Waals surface area contributed by atoms with Crippen LogP contribution in [0.1, 0.15) is 65.2 Å². The van der Waals surface area contributed by atoms with Crippen molar-refractivity contribution in [3.05, 3.63) is 111 Å². The summed E-state index contributed by atoms with van der Waals surface area (Å²) < 4.78 is 0. The lowest BCUT2D eigenvalue weighted by molar-refractivity contribution is -0.144. The molecule has 226 valence electrons. The van der Waals surface area contributed by atoms with Crippen molar-refractivity contribution in [2.45, 2.75) is 64.4 Å². The van der Waals surface area contributed by atoms with Crippen LogP contribution in [0.2, 0.25) is 0 Å². The van der Waals surface area contributed by atoms with Crippen molar-refractivity contribution in [3.63, 3.8) is 0 Å². The number of carbonyl (C=O) groups excluding carboxylic acids is 3. The molecule has 0 saturated heterocycles. The van der Waals surface area contributed by atoms with Gasteiger partial charge in [0.05, 0.1) is 5.56 Å². The molecule has 6 rings (SSSR count). The molecule has 0 saturated carbocycles. The van der Waals surface area contributed by atoms with E-state index >= 15 is 0 Å². The van der Waals surface area contributed by atoms with Gasteiger partial charge in [0.1, 0.15) is 22.8 Å². The second-order valence-corrected chi connectivity index (χ2v) is 12.5. The van der Waals surface area contributed by atoms with Gasteiger partial charge in [-0.1, -0.05) is 60.2 Å². The normalized spacial score (nSPS) is 22.9. The highest BCUT2D eigenvalue weighted by Gasteiger charge is 2.59. The Morgan fingerprint density at radius 3 is 2.09 bits per heavy atom. The zero-order chi connectivity index (χ0) is 31.3. The highest BCUT2D eigenvalue weighted by atomic mass is 16.3. The fraction of sp³-hybridized carbons (Fsp3) is 0.324. The molecule has 0 radical (unpaired) electrons. The number of fused-ring (bicyclic) bond motifs is 3. The number of Topliss-reactive ketones (excluding diaryl/α,β-unsaturated/α-hetero) is 3. The van der Waals surface area contributed by atoms with E-state index in [2.05, 4.69) is 43.3 Å². The summed E-state index contributed by atoms with van der Waals surface area (Å²) >= 11 is 0. The summed E-state index contributed by atoms with van der Waals surface area (Å²) in [6, 6.07) is 20.1. The molecule has 3 aromatic rings. The lowest BCUT2D eigenvalue weighted by atomic mass is 9.60. The smallest absolute Gasteiger partial charge is 0.209 e. The highest BCUT2D eigenvalue weighted by Crippen LogP contribution is 2.52. The Morgan fingerprint density at radius 2 is 1.48 bits per heavy atom. The van der Waals surface area contributed by atoms with Crippen LogP contribution in [0, 0.1) is 18.8 Å². The number of ketones is 3. The molecule has 3 aliphatic rings. The van der Waals surface area contributed by atoms with Crippen LogP contribution in [-0.2, 0) is 28.9 Å². The first kappa shape index (κ1) is 29.6. The summed E-state index contributed by atoms with van der Waals surface area (Å²) in [5.74, 6) is -5.39. The van der Waals surface area contributed by atoms with Gasteiger partial charge in [-0.15, -0.1) is 0 Å². The lowest BCUT2D eigenvalue weighted by Crippen LogP contribution is -2.56. The molecule has 0 aliphatic heterocycles. The van der Waals surface area contributed by atoms with Gasteiger partial charge in [0.25, 0.3) is 0 Å². The van der Waals surface area contributed by atoms with Gasteiger partial charge in [-0.2, -0.15) is 0 Å². The van der Waals surface area contributed by atoms with Crippen molar-refractivity contribution in [3.8, 4) is 16.9 Å². The van der Waals surface area contributed by atoms with E-state index in [1.54, 1.807) is 6.07 Å². The first-order chi connectivity index (χ1) is 21.0. The number of aliphatic hydroxyl groups excluding tert-OH is 2. The SMILES string of the molecule is CC(=O)C1=C(O)C[C@@H]2C[C@@H]3Cc4c(-c5ccc(CCCCc6ccc(C)cc6)cc5)ccc(O)c4C(=O)C3=C(O)[C@]2(O)C1=O. The molecule has 44 heavy (non-hydrogen) atoms. The van der Waals surface area contributed by atoms with Gasteiger partial charge in [0.15, 0.2) is 17.2 Å². The fourth-order valence-electron chi connectivity index (χ4n) is 7.26. The van der Waals surface area contributed by atoms with E-state index < -0.39 is 51.9 Å². The van der Waals surface area contributed by atoms with E-state index in [-0.39, 0.29) is 36.1 Å². The number of aryl methyl sites for hydroxylation is 3. The minimum absolute atomic E-state index is 0.0379. The highest BCUT2D eigenvalue weighted by molar-refractivity contribution is 6.25. The van der Waals surface area contributed by atoms with Crippen LogP contribution in [0.4, 0.5) is 0 Å². The number of rotatable bonds is 7. The third-order valence-electron chi connectivity index (χ3n) is 9.62. The molecule has 4 N–H and O–H groups in total. The lowest BCUT2D eigenvalue weighted by Gasteiger charge is -2.45. The average molecular weight is 593 g/mol. The first-order valence-electron chi connectivity index (χ1n) is 15.2. The second-order valence-electron chi connectivity index (χ2n) is 12.5. The summed E-state index contributed by atoms with van der Waals surface area (Å²) in [5, 5.41) is 44.0. The van der Waals surface area contributed by atoms with Gasteiger partial charge in [0, 0.05) is 17.9 Å². The number of benzene rings is 3. The van der Waals surface area contributed by atoms with E-state index in [0.717, 1.165) is 43.7 Å². The maximum absolute atomic E-state index is 13.9. The Bertz CT molecular complexity index is 1740. The molecule has 0 spiro atoms. The molecular weight excluding hydrogens is 556 g/mol. The van der Waals surface area contributed by atoms with Gasteiger partial charge < -0.3 is 20.4 Å². The number of phenols is 1. The first-order valence-corrected chi connectivity index (χ1v) is 15.2. The topological polar surface area (TPSA) is 132 Å². The zero-order valence-electron chi connectivity index (χ0n) is 24.9. The number of allylic oxidation sites excluding steroid dienone is 2. The zero-order valence-corrected chi connectivity index (χ0v) is 24.9. The van der Waals surface area contributed by atoms with Crippen molar-refractivity contribution in [2.75, 3.05) is 0 Å². The number of aliphatic hydroxyl groups is 3. The number of hydrogen-bond acceptors (Lipinski definition) is 7. The van der Waals surface area contributed by atoms with Crippen LogP contribution in [0.15, 0.2) is 83.3 Å². The Balaban J connectivity index is 1.26. The van der Waals surface area contributed by atoms with E-state index in [4.69, 9.17) is 0 Å². The number of carbonyl (C=O) groups is 3. The molecule has 3 atom stereocenters. The van der Waals surface area contributed by atoms with Crippen molar-refractivity contribution in [1.29, 1.82) is 0 Å². The quantitative estimate of drug-likeness (QED) is 0.189. The molecule has 0 amide bonds. The maximum atomic E-state index is 13.9. The largest absolute Gasteiger partial charge is 0.511 e. The molecule has 7 heteroatoms. The Hall–Kier alpha value is -4.49. The van der Waals surface area contributed by atoms with Crippen molar-refractivity contribution in [1.82, 2.24) is 0 Å². The standard InChI is InChI=1S/C37H36O7/c1-20-7-9-22(10-8-20)5-3-4-6-23-11-13-24(14-12-23)27-15-16-29(39)33-28(27)18-25-17-26-19-30(40)31(21(2)38)35(42)37(26,44)36(43)32(25)34(33)41/h7-16,25-26,39-40,43-44H,3-6,17-19H2,1-2H3/t25-,26+,37-/m1/s1. The Morgan fingerprint density at radius 1 is 0.864 bits per heavy atom. The van der Waals surface area contributed by atoms with E-state index in [1.807, 2.05) is 12.1 Å². The molecule has 3 aliphatic carbocycles. The summed E-state index contributed by atoms with van der Waals surface area (Å²) in [5.41, 5.74) is 3.00. The molecular formula is C37H36O7. The summed E-state index contributed by atoms with van der Waals surface area (Å²) in [7, 11) is 0. The van der Waals surface area contributed by atoms with E-state index in [0.29, 0.717) is 5.56 Å². The minimum Gasteiger partial charge on any atom is -0.511 e. The Kier molecular flexibility index (Phi) is 7.54. The molecule has 0 heterocycles. The van der Waals surface area contributed by atoms with Gasteiger partial charge in [-0.25, -0.2) is 0 Å². The predicted molar refractivity (Wildman–Crippen MR) is 166 cm³/mol. The van der Waals surface area contributed by atoms with Crippen molar-refractivity contribution in [2.24, 2.45) is 11.8 Å². The molecule has 0 unspecified atom stereocenters. The summed E-state index contributed by atoms with van der Waals surface area (Å²) in [6.45, 7) is 3.19. The predicted octanol–water partition coefficient (Wildman–Crippen LogP) is 6.23. The van der Waals surface area contributed by atoms with Crippen LogP contribution in [-0.4, -0.2) is 43.4 Å². The Labute approximate surface area is 256 Å². The van der Waals surface area contributed by atoms with Crippen LogP contribution >= 0.6 is 0 Å². The summed E-state index contributed by atoms with van der Waals surface area (Å²) in [4.78, 5) is 39.2. The van der Waals surface area contributed by atoms with Gasteiger partial charge in [0.2, 0.25) is 5.78 Å². The third kappa shape index (κ3) is 4.85.